The number of thiocarbonyl (C=S) groups is 1. The average molecular weight is 341 g/mol. The summed E-state index contributed by atoms with van der Waals surface area (Å²) in [6.07, 6.45) is 0. The number of carbonyl (C=O) groups is 1. The molecule has 0 aliphatic heterocycles. The Balaban J connectivity index is 1.81. The van der Waals surface area contributed by atoms with E-state index in [2.05, 4.69) is 36.9 Å². The van der Waals surface area contributed by atoms with Crippen LogP contribution in [0.25, 0.3) is 0 Å². The monoisotopic (exact) mass is 341 g/mol. The summed E-state index contributed by atoms with van der Waals surface area (Å²) in [6.45, 7) is 7.02. The lowest BCUT2D eigenvalue weighted by Gasteiger charge is -2.19. The number of hydrogen-bond donors (Lipinski definition) is 3. The molecule has 0 spiro atoms. The second-order valence-electron chi connectivity index (χ2n) is 6.57. The average Bonchev–Trinajstić information content (AvgIpc) is 2.58. The highest BCUT2D eigenvalue weighted by molar-refractivity contribution is 7.80. The fraction of sp³-hybridized carbons (Fsp3) is 0.263. The first-order valence-electron chi connectivity index (χ1n) is 7.85. The normalized spacial score (nSPS) is 10.8. The molecule has 0 aliphatic carbocycles. The summed E-state index contributed by atoms with van der Waals surface area (Å²) in [4.78, 5) is 12.1. The van der Waals surface area contributed by atoms with Crippen LogP contribution in [0.2, 0.25) is 0 Å². The fourth-order valence-corrected chi connectivity index (χ4v) is 2.25. The topological polar surface area (TPSA) is 53.2 Å². The van der Waals surface area contributed by atoms with Gasteiger partial charge in [0.2, 0.25) is 0 Å². The molecule has 2 aromatic rings. The van der Waals surface area contributed by atoms with Gasteiger partial charge in [0.25, 0.3) is 5.91 Å². The van der Waals surface area contributed by atoms with Crippen molar-refractivity contribution in [2.45, 2.75) is 32.7 Å². The lowest BCUT2D eigenvalue weighted by atomic mass is 9.87. The van der Waals surface area contributed by atoms with Crippen LogP contribution in [-0.4, -0.2) is 11.0 Å². The van der Waals surface area contributed by atoms with Crippen LogP contribution in [0.1, 0.15) is 42.3 Å². The SMILES string of the molecule is CC(C)(C)c1ccc(C(=O)NNC(=S)NCc2ccccc2)cc1. The van der Waals surface area contributed by atoms with Crippen molar-refractivity contribution in [2.75, 3.05) is 0 Å². The molecule has 0 atom stereocenters. The van der Waals surface area contributed by atoms with Gasteiger partial charge in [-0.2, -0.15) is 0 Å². The lowest BCUT2D eigenvalue weighted by molar-refractivity contribution is 0.0943. The molecule has 24 heavy (non-hydrogen) atoms. The van der Waals surface area contributed by atoms with Crippen LogP contribution in [0.4, 0.5) is 0 Å². The van der Waals surface area contributed by atoms with Gasteiger partial charge in [0, 0.05) is 12.1 Å². The van der Waals surface area contributed by atoms with Crippen LogP contribution < -0.4 is 16.2 Å². The number of rotatable bonds is 3. The van der Waals surface area contributed by atoms with Gasteiger partial charge in [-0.05, 0) is 40.9 Å². The van der Waals surface area contributed by atoms with E-state index in [9.17, 15) is 4.79 Å². The van der Waals surface area contributed by atoms with E-state index < -0.39 is 0 Å². The van der Waals surface area contributed by atoms with Crippen molar-refractivity contribution in [1.29, 1.82) is 0 Å². The third-order valence-corrected chi connectivity index (χ3v) is 3.84. The van der Waals surface area contributed by atoms with E-state index >= 15 is 0 Å². The molecule has 2 aromatic carbocycles. The van der Waals surface area contributed by atoms with E-state index in [1.807, 2.05) is 54.6 Å². The molecule has 0 unspecified atom stereocenters. The number of nitrogens with one attached hydrogen (secondary N) is 3. The Bertz CT molecular complexity index is 691. The third kappa shape index (κ3) is 5.35. The molecule has 0 saturated heterocycles. The molecule has 1 amide bonds. The zero-order chi connectivity index (χ0) is 17.6. The number of carbonyl (C=O) groups excluding carboxylic acids is 1. The predicted octanol–water partition coefficient (Wildman–Crippen LogP) is 3.29. The summed E-state index contributed by atoms with van der Waals surface area (Å²) in [5.74, 6) is -0.223. The molecule has 4 nitrogen and oxygen atoms in total. The molecule has 0 radical (unpaired) electrons. The van der Waals surface area contributed by atoms with Crippen LogP contribution in [0.15, 0.2) is 54.6 Å². The van der Waals surface area contributed by atoms with E-state index in [-0.39, 0.29) is 11.3 Å². The van der Waals surface area contributed by atoms with Crippen molar-refractivity contribution in [3.05, 3.63) is 71.3 Å². The van der Waals surface area contributed by atoms with Crippen molar-refractivity contribution in [1.82, 2.24) is 16.2 Å². The molecule has 5 heteroatoms. The van der Waals surface area contributed by atoms with Gasteiger partial charge in [-0.15, -0.1) is 0 Å². The minimum Gasteiger partial charge on any atom is -0.357 e. The van der Waals surface area contributed by atoms with E-state index in [0.29, 0.717) is 17.2 Å². The molecule has 0 bridgehead atoms. The lowest BCUT2D eigenvalue weighted by Crippen LogP contribution is -2.46. The Morgan fingerprint density at radius 1 is 0.958 bits per heavy atom. The molecule has 3 N–H and O–H groups in total. The predicted molar refractivity (Wildman–Crippen MR) is 102 cm³/mol. The van der Waals surface area contributed by atoms with Gasteiger partial charge < -0.3 is 5.32 Å². The quantitative estimate of drug-likeness (QED) is 0.592. The third-order valence-electron chi connectivity index (χ3n) is 3.60. The molecular weight excluding hydrogens is 318 g/mol. The van der Waals surface area contributed by atoms with Gasteiger partial charge in [0.05, 0.1) is 0 Å². The number of hydrogen-bond acceptors (Lipinski definition) is 2. The Morgan fingerprint density at radius 3 is 2.17 bits per heavy atom. The summed E-state index contributed by atoms with van der Waals surface area (Å²) in [6, 6.07) is 17.5. The maximum absolute atomic E-state index is 12.1. The fourth-order valence-electron chi connectivity index (χ4n) is 2.13. The van der Waals surface area contributed by atoms with Gasteiger partial charge in [-0.3, -0.25) is 15.6 Å². The molecule has 0 saturated carbocycles. The Kier molecular flexibility index (Phi) is 5.93. The van der Waals surface area contributed by atoms with E-state index in [1.165, 1.54) is 5.56 Å². The van der Waals surface area contributed by atoms with Crippen LogP contribution >= 0.6 is 12.2 Å². The molecule has 2 rings (SSSR count). The first-order valence-corrected chi connectivity index (χ1v) is 8.26. The molecule has 0 aromatic heterocycles. The van der Waals surface area contributed by atoms with Crippen molar-refractivity contribution in [3.8, 4) is 0 Å². The van der Waals surface area contributed by atoms with Gasteiger partial charge >= 0.3 is 0 Å². The summed E-state index contributed by atoms with van der Waals surface area (Å²) in [7, 11) is 0. The van der Waals surface area contributed by atoms with Crippen molar-refractivity contribution < 1.29 is 4.79 Å². The minimum absolute atomic E-state index is 0.0657. The second kappa shape index (κ2) is 7.93. The van der Waals surface area contributed by atoms with Crippen molar-refractivity contribution in [2.24, 2.45) is 0 Å². The largest absolute Gasteiger partial charge is 0.357 e. The van der Waals surface area contributed by atoms with E-state index in [4.69, 9.17) is 12.2 Å². The highest BCUT2D eigenvalue weighted by Crippen LogP contribution is 2.22. The standard InChI is InChI=1S/C19H23N3OS/c1-19(2,3)16-11-9-15(10-12-16)17(23)21-22-18(24)20-13-14-7-5-4-6-8-14/h4-12H,13H2,1-3H3,(H,21,23)(H2,20,22,24). The van der Waals surface area contributed by atoms with Gasteiger partial charge in [0.1, 0.15) is 0 Å². The molecular formula is C19H23N3OS. The summed E-state index contributed by atoms with van der Waals surface area (Å²) >= 11 is 5.15. The second-order valence-corrected chi connectivity index (χ2v) is 6.98. The Morgan fingerprint density at radius 2 is 1.58 bits per heavy atom. The van der Waals surface area contributed by atoms with Crippen LogP contribution in [0.3, 0.4) is 0 Å². The maximum Gasteiger partial charge on any atom is 0.269 e. The van der Waals surface area contributed by atoms with Crippen molar-refractivity contribution in [3.63, 3.8) is 0 Å². The molecule has 126 valence electrons. The Labute approximate surface area is 148 Å². The van der Waals surface area contributed by atoms with Crippen LogP contribution in [-0.2, 0) is 12.0 Å². The first kappa shape index (κ1) is 17.9. The van der Waals surface area contributed by atoms with E-state index in [1.54, 1.807) is 0 Å². The number of amides is 1. The number of hydrazine groups is 1. The van der Waals surface area contributed by atoms with Gasteiger partial charge in [-0.1, -0.05) is 63.2 Å². The van der Waals surface area contributed by atoms with E-state index in [0.717, 1.165) is 5.56 Å². The molecule has 0 heterocycles. The highest BCUT2D eigenvalue weighted by atomic mass is 32.1. The van der Waals surface area contributed by atoms with Gasteiger partial charge in [-0.25, -0.2) is 0 Å². The van der Waals surface area contributed by atoms with Crippen LogP contribution in [0, 0.1) is 0 Å². The smallest absolute Gasteiger partial charge is 0.269 e. The summed E-state index contributed by atoms with van der Waals surface area (Å²) in [5.41, 5.74) is 8.27. The van der Waals surface area contributed by atoms with Gasteiger partial charge in [0.15, 0.2) is 5.11 Å². The first-order chi connectivity index (χ1) is 11.4. The highest BCUT2D eigenvalue weighted by Gasteiger charge is 2.14. The summed E-state index contributed by atoms with van der Waals surface area (Å²) < 4.78 is 0. The number of benzene rings is 2. The van der Waals surface area contributed by atoms with Crippen molar-refractivity contribution >= 4 is 23.2 Å². The Hall–Kier alpha value is -2.40. The zero-order valence-electron chi connectivity index (χ0n) is 14.2. The molecule has 0 aliphatic rings. The molecule has 0 fully saturated rings. The maximum atomic E-state index is 12.1. The minimum atomic E-state index is -0.223. The summed E-state index contributed by atoms with van der Waals surface area (Å²) in [5, 5.41) is 3.41. The van der Waals surface area contributed by atoms with Crippen LogP contribution in [0.5, 0.6) is 0 Å². The zero-order valence-corrected chi connectivity index (χ0v) is 15.0.